The molecule has 33 heavy (non-hydrogen) atoms. The number of halogens is 2. The Balaban J connectivity index is 1.35. The summed E-state index contributed by atoms with van der Waals surface area (Å²) in [5.74, 6) is -2.23. The molecule has 10 heteroatoms. The first kappa shape index (κ1) is 22.4. The van der Waals surface area contributed by atoms with E-state index in [1.54, 1.807) is 29.2 Å². The van der Waals surface area contributed by atoms with E-state index in [2.05, 4.69) is 0 Å². The van der Waals surface area contributed by atoms with Crippen molar-refractivity contribution in [2.75, 3.05) is 13.3 Å². The second kappa shape index (κ2) is 8.74. The van der Waals surface area contributed by atoms with Gasteiger partial charge in [-0.05, 0) is 37.8 Å². The van der Waals surface area contributed by atoms with Gasteiger partial charge in [-0.3, -0.25) is 33.9 Å². The van der Waals surface area contributed by atoms with E-state index >= 15 is 0 Å². The van der Waals surface area contributed by atoms with Gasteiger partial charge in [-0.15, -0.1) is 0 Å². The van der Waals surface area contributed by atoms with Gasteiger partial charge in [-0.2, -0.15) is 0 Å². The molecule has 0 aromatic carbocycles. The van der Waals surface area contributed by atoms with Crippen LogP contribution >= 0.6 is 23.2 Å². The molecule has 2 saturated heterocycles. The third-order valence-electron chi connectivity index (χ3n) is 6.96. The Bertz CT molecular complexity index is 1000. The zero-order chi connectivity index (χ0) is 23.3. The van der Waals surface area contributed by atoms with Gasteiger partial charge < -0.3 is 4.42 Å². The second-order valence-corrected chi connectivity index (χ2v) is 9.98. The fourth-order valence-corrected chi connectivity index (χ4v) is 5.75. The van der Waals surface area contributed by atoms with Crippen LogP contribution in [0, 0.1) is 23.7 Å². The highest BCUT2D eigenvalue weighted by Crippen LogP contribution is 2.40. The predicted octanol–water partition coefficient (Wildman–Crippen LogP) is 3.03. The van der Waals surface area contributed by atoms with Crippen LogP contribution < -0.4 is 0 Å². The van der Waals surface area contributed by atoms with E-state index in [0.717, 1.165) is 0 Å². The molecule has 0 unspecified atom stereocenters. The molecule has 0 N–H and O–H groups in total. The summed E-state index contributed by atoms with van der Waals surface area (Å²) in [6, 6.07) is 3.50. The fraction of sp³-hybridized carbons (Fsp3) is 0.478. The number of fused-ring (bicyclic) bond motifs is 2. The summed E-state index contributed by atoms with van der Waals surface area (Å²) in [6.07, 6.45) is 6.68. The van der Waals surface area contributed by atoms with Gasteiger partial charge in [-0.25, -0.2) is 0 Å². The molecule has 1 aromatic rings. The highest BCUT2D eigenvalue weighted by molar-refractivity contribution is 6.30. The quantitative estimate of drug-likeness (QED) is 0.568. The van der Waals surface area contributed by atoms with Gasteiger partial charge in [0.05, 0.1) is 49.8 Å². The number of nitrogens with zero attached hydrogens (tertiary/aromatic N) is 3. The van der Waals surface area contributed by atoms with Crippen LogP contribution in [0.25, 0.3) is 0 Å². The van der Waals surface area contributed by atoms with Crippen molar-refractivity contribution in [1.29, 1.82) is 0 Å². The average molecular weight is 492 g/mol. The molecular formula is C23H23Cl2N3O5. The molecule has 4 amide bonds. The van der Waals surface area contributed by atoms with Gasteiger partial charge in [0.15, 0.2) is 0 Å². The van der Waals surface area contributed by atoms with Crippen LogP contribution in [0.5, 0.6) is 0 Å². The average Bonchev–Trinajstić information content (AvgIpc) is 3.44. The minimum absolute atomic E-state index is 0.0472. The summed E-state index contributed by atoms with van der Waals surface area (Å²) in [6.45, 7) is 0.132. The molecule has 0 radical (unpaired) electrons. The predicted molar refractivity (Wildman–Crippen MR) is 118 cm³/mol. The number of imide groups is 2. The third kappa shape index (κ3) is 4.05. The summed E-state index contributed by atoms with van der Waals surface area (Å²) < 4.78 is 5.45. The Morgan fingerprint density at radius 2 is 1.30 bits per heavy atom. The summed E-state index contributed by atoms with van der Waals surface area (Å²) >= 11 is 12.2. The van der Waals surface area contributed by atoms with Crippen LogP contribution in [0.15, 0.2) is 45.0 Å². The minimum Gasteiger partial charge on any atom is -0.468 e. The van der Waals surface area contributed by atoms with Crippen LogP contribution in [-0.4, -0.2) is 51.7 Å². The zero-order valence-electron chi connectivity index (χ0n) is 17.8. The van der Waals surface area contributed by atoms with E-state index in [1.807, 2.05) is 0 Å². The maximum Gasteiger partial charge on any atom is 0.234 e. The van der Waals surface area contributed by atoms with E-state index in [1.165, 1.54) is 16.1 Å². The standard InChI is InChI=1S/C23H23Cl2N3O5/c24-13-3-5-16-18(8-13)22(31)27(20(16)29)11-26(10-15-2-1-7-33-15)12-28-21(30)17-6-4-14(25)9-19(17)23(28)32/h1-4,7,16-19H,5-6,8-12H2/t16-,17-,18-,19+/m1/s1. The van der Waals surface area contributed by atoms with Crippen LogP contribution in [0.1, 0.15) is 31.4 Å². The molecular weight excluding hydrogens is 469 g/mol. The number of carbonyl (C=O) groups is 4. The molecule has 5 rings (SSSR count). The Kier molecular flexibility index (Phi) is 5.93. The number of likely N-dealkylation sites (tertiary alicyclic amines) is 2. The SMILES string of the molecule is O=C1[C@H]2CC(Cl)=CC[C@H]2C(=O)N1CN(Cc1ccco1)CN1C(=O)[C@@H]2CC=C(Cl)C[C@H]2C1=O. The van der Waals surface area contributed by atoms with Gasteiger partial charge >= 0.3 is 0 Å². The summed E-state index contributed by atoms with van der Waals surface area (Å²) in [5, 5.41) is 1.18. The number of rotatable bonds is 6. The first-order chi connectivity index (χ1) is 15.8. The Hall–Kier alpha value is -2.42. The van der Waals surface area contributed by atoms with Crippen LogP contribution in [0.3, 0.4) is 0 Å². The molecule has 0 bridgehead atoms. The third-order valence-corrected chi connectivity index (χ3v) is 7.58. The topological polar surface area (TPSA) is 91.1 Å². The second-order valence-electron chi connectivity index (χ2n) is 9.01. The molecule has 4 atom stereocenters. The van der Waals surface area contributed by atoms with E-state index in [9.17, 15) is 19.2 Å². The normalized spacial score (nSPS) is 29.5. The van der Waals surface area contributed by atoms with Gasteiger partial charge in [0, 0.05) is 10.1 Å². The van der Waals surface area contributed by atoms with Gasteiger partial charge in [0.1, 0.15) is 5.76 Å². The van der Waals surface area contributed by atoms with Gasteiger partial charge in [0.2, 0.25) is 23.6 Å². The lowest BCUT2D eigenvalue weighted by molar-refractivity contribution is -0.145. The fourth-order valence-electron chi connectivity index (χ4n) is 5.24. The number of hydrogen-bond acceptors (Lipinski definition) is 6. The van der Waals surface area contributed by atoms with E-state index in [0.29, 0.717) is 41.5 Å². The maximum atomic E-state index is 13.0. The van der Waals surface area contributed by atoms with Crippen molar-refractivity contribution in [2.45, 2.75) is 32.2 Å². The molecule has 2 aliphatic carbocycles. The maximum absolute atomic E-state index is 13.0. The van der Waals surface area contributed by atoms with Crippen molar-refractivity contribution >= 4 is 46.8 Å². The van der Waals surface area contributed by atoms with Crippen molar-refractivity contribution in [3.63, 3.8) is 0 Å². The largest absolute Gasteiger partial charge is 0.468 e. The summed E-state index contributed by atoms with van der Waals surface area (Å²) in [5.41, 5.74) is 0. The van der Waals surface area contributed by atoms with Gasteiger partial charge in [0.25, 0.3) is 0 Å². The molecule has 1 aromatic heterocycles. The highest BCUT2D eigenvalue weighted by Gasteiger charge is 2.51. The molecule has 8 nitrogen and oxygen atoms in total. The molecule has 0 saturated carbocycles. The van der Waals surface area contributed by atoms with Crippen LogP contribution in [0.2, 0.25) is 0 Å². The van der Waals surface area contributed by atoms with E-state index in [4.69, 9.17) is 27.6 Å². The molecule has 4 aliphatic rings. The van der Waals surface area contributed by atoms with Crippen molar-refractivity contribution in [2.24, 2.45) is 23.7 Å². The first-order valence-corrected chi connectivity index (χ1v) is 11.7. The number of furan rings is 1. The summed E-state index contributed by atoms with van der Waals surface area (Å²) in [4.78, 5) is 56.3. The first-order valence-electron chi connectivity index (χ1n) is 11.0. The molecule has 2 aliphatic heterocycles. The van der Waals surface area contributed by atoms with Crippen LogP contribution in [-0.2, 0) is 25.7 Å². The number of allylic oxidation sites excluding steroid dienone is 4. The van der Waals surface area contributed by atoms with Crippen molar-refractivity contribution in [3.8, 4) is 0 Å². The highest BCUT2D eigenvalue weighted by atomic mass is 35.5. The number of carbonyl (C=O) groups excluding carboxylic acids is 4. The van der Waals surface area contributed by atoms with E-state index < -0.39 is 23.7 Å². The molecule has 0 spiro atoms. The van der Waals surface area contributed by atoms with Crippen molar-refractivity contribution in [3.05, 3.63) is 46.4 Å². The Labute approximate surface area is 200 Å². The molecule has 2 fully saturated rings. The minimum atomic E-state index is -0.466. The molecule has 174 valence electrons. The van der Waals surface area contributed by atoms with Crippen molar-refractivity contribution in [1.82, 2.24) is 14.7 Å². The lowest BCUT2D eigenvalue weighted by atomic mass is 9.85. The van der Waals surface area contributed by atoms with Gasteiger partial charge in [-0.1, -0.05) is 35.4 Å². The monoisotopic (exact) mass is 491 g/mol. The lowest BCUT2D eigenvalue weighted by Crippen LogP contribution is -2.47. The summed E-state index contributed by atoms with van der Waals surface area (Å²) in [7, 11) is 0. The Morgan fingerprint density at radius 1 is 0.818 bits per heavy atom. The van der Waals surface area contributed by atoms with Crippen LogP contribution in [0.4, 0.5) is 0 Å². The lowest BCUT2D eigenvalue weighted by Gasteiger charge is -2.29. The smallest absolute Gasteiger partial charge is 0.234 e. The number of hydrogen-bond donors (Lipinski definition) is 0. The zero-order valence-corrected chi connectivity index (χ0v) is 19.3. The Morgan fingerprint density at radius 3 is 1.76 bits per heavy atom. The number of amides is 4. The molecule has 3 heterocycles. The van der Waals surface area contributed by atoms with Crippen molar-refractivity contribution < 1.29 is 23.6 Å². The van der Waals surface area contributed by atoms with E-state index in [-0.39, 0.29) is 43.5 Å².